The average Bonchev–Trinajstić information content (AvgIpc) is 2.39. The summed E-state index contributed by atoms with van der Waals surface area (Å²) in [7, 11) is -2.30. The molecule has 0 fully saturated rings. The van der Waals surface area contributed by atoms with Gasteiger partial charge in [0, 0.05) is 25.5 Å². The molecule has 0 saturated heterocycles. The molecule has 1 amide bonds. The van der Waals surface area contributed by atoms with E-state index in [1.54, 1.807) is 6.07 Å². The van der Waals surface area contributed by atoms with Crippen LogP contribution in [0.4, 0.5) is 0 Å². The number of nitrogens with zero attached hydrogens (tertiary/aromatic N) is 2. The summed E-state index contributed by atoms with van der Waals surface area (Å²) in [5.41, 5.74) is 0. The molecule has 6 nitrogen and oxygen atoms in total. The monoisotopic (exact) mass is 299 g/mol. The van der Waals surface area contributed by atoms with Crippen molar-refractivity contribution in [2.24, 2.45) is 5.92 Å². The number of carbonyl (C=O) groups is 1. The minimum Gasteiger partial charge on any atom is -0.352 e. The first kappa shape index (κ1) is 16.6. The molecule has 112 valence electrons. The summed E-state index contributed by atoms with van der Waals surface area (Å²) in [5, 5.41) is 2.77. The Kier molecular flexibility index (Phi) is 5.64. The van der Waals surface area contributed by atoms with Crippen molar-refractivity contribution in [3.8, 4) is 0 Å². The van der Waals surface area contributed by atoms with Crippen LogP contribution in [0.5, 0.6) is 0 Å². The van der Waals surface area contributed by atoms with E-state index < -0.39 is 10.0 Å². The Labute approximate surface area is 120 Å². The molecule has 1 rings (SSSR count). The van der Waals surface area contributed by atoms with Crippen molar-refractivity contribution in [3.05, 3.63) is 24.5 Å². The van der Waals surface area contributed by atoms with Crippen molar-refractivity contribution in [3.63, 3.8) is 0 Å². The fraction of sp³-hybridized carbons (Fsp3) is 0.538. The first-order valence-corrected chi connectivity index (χ1v) is 7.85. The number of amides is 1. The number of sulfonamides is 1. The third-order valence-electron chi connectivity index (χ3n) is 3.10. The minimum atomic E-state index is -3.68. The van der Waals surface area contributed by atoms with Gasteiger partial charge in [-0.3, -0.25) is 9.78 Å². The molecule has 0 bridgehead atoms. The third kappa shape index (κ3) is 4.28. The molecule has 1 aromatic rings. The standard InChI is InChI=1S/C13H21N3O3S/c1-10(2)11(3)15-13(17)9-16(4)20(18,19)12-6-5-7-14-8-12/h5-8,10-11H,9H2,1-4H3,(H,15,17)/t11-/m0/s1. The molecule has 0 aliphatic rings. The van der Waals surface area contributed by atoms with Gasteiger partial charge in [-0.25, -0.2) is 8.42 Å². The topological polar surface area (TPSA) is 79.4 Å². The molecule has 0 radical (unpaired) electrons. The molecule has 1 N–H and O–H groups in total. The highest BCUT2D eigenvalue weighted by Gasteiger charge is 2.23. The Hall–Kier alpha value is -1.47. The molecule has 20 heavy (non-hydrogen) atoms. The van der Waals surface area contributed by atoms with E-state index in [9.17, 15) is 13.2 Å². The van der Waals surface area contributed by atoms with Crippen LogP contribution in [-0.2, 0) is 14.8 Å². The van der Waals surface area contributed by atoms with E-state index in [1.807, 2.05) is 20.8 Å². The zero-order chi connectivity index (χ0) is 15.3. The summed E-state index contributed by atoms with van der Waals surface area (Å²) in [4.78, 5) is 15.7. The number of rotatable bonds is 6. The Bertz CT molecular complexity index is 543. The molecular formula is C13H21N3O3S. The van der Waals surface area contributed by atoms with E-state index in [1.165, 1.54) is 25.5 Å². The summed E-state index contributed by atoms with van der Waals surface area (Å²) >= 11 is 0. The van der Waals surface area contributed by atoms with Crippen molar-refractivity contribution in [2.75, 3.05) is 13.6 Å². The van der Waals surface area contributed by atoms with Crippen molar-refractivity contribution in [1.82, 2.24) is 14.6 Å². The van der Waals surface area contributed by atoms with Crippen LogP contribution in [0.1, 0.15) is 20.8 Å². The fourth-order valence-electron chi connectivity index (χ4n) is 1.43. The highest BCUT2D eigenvalue weighted by Crippen LogP contribution is 2.11. The second-order valence-electron chi connectivity index (χ2n) is 5.05. The molecule has 1 atom stereocenters. The van der Waals surface area contributed by atoms with E-state index in [0.29, 0.717) is 5.92 Å². The van der Waals surface area contributed by atoms with Gasteiger partial charge in [0.15, 0.2) is 0 Å². The van der Waals surface area contributed by atoms with Crippen LogP contribution in [0.2, 0.25) is 0 Å². The maximum Gasteiger partial charge on any atom is 0.244 e. The highest BCUT2D eigenvalue weighted by molar-refractivity contribution is 7.89. The number of aromatic nitrogens is 1. The van der Waals surface area contributed by atoms with Gasteiger partial charge in [0.25, 0.3) is 0 Å². The number of hydrogen-bond donors (Lipinski definition) is 1. The van der Waals surface area contributed by atoms with E-state index in [0.717, 1.165) is 4.31 Å². The van der Waals surface area contributed by atoms with Crippen LogP contribution in [0, 0.1) is 5.92 Å². The van der Waals surface area contributed by atoms with Crippen LogP contribution in [0.25, 0.3) is 0 Å². The molecule has 7 heteroatoms. The summed E-state index contributed by atoms with van der Waals surface area (Å²) < 4.78 is 25.4. The van der Waals surface area contributed by atoms with E-state index in [-0.39, 0.29) is 23.4 Å². The van der Waals surface area contributed by atoms with Gasteiger partial charge in [-0.05, 0) is 25.0 Å². The predicted molar refractivity (Wildman–Crippen MR) is 76.5 cm³/mol. The van der Waals surface area contributed by atoms with Crippen molar-refractivity contribution in [2.45, 2.75) is 31.7 Å². The van der Waals surface area contributed by atoms with Gasteiger partial charge in [-0.2, -0.15) is 4.31 Å². The molecular weight excluding hydrogens is 278 g/mol. The highest BCUT2D eigenvalue weighted by atomic mass is 32.2. The Balaban J connectivity index is 2.71. The van der Waals surface area contributed by atoms with Gasteiger partial charge in [0.2, 0.25) is 15.9 Å². The summed E-state index contributed by atoms with van der Waals surface area (Å²) in [6.45, 7) is 5.65. The van der Waals surface area contributed by atoms with Crippen molar-refractivity contribution in [1.29, 1.82) is 0 Å². The minimum absolute atomic E-state index is 0.00278. The molecule has 1 heterocycles. The van der Waals surface area contributed by atoms with Gasteiger partial charge in [0.1, 0.15) is 4.90 Å². The zero-order valence-corrected chi connectivity index (χ0v) is 13.0. The Morgan fingerprint density at radius 3 is 2.55 bits per heavy atom. The lowest BCUT2D eigenvalue weighted by Crippen LogP contribution is -2.43. The summed E-state index contributed by atoms with van der Waals surface area (Å²) in [5.74, 6) is -0.0275. The normalized spacial score (nSPS) is 13.5. The van der Waals surface area contributed by atoms with Gasteiger partial charge in [0.05, 0.1) is 6.54 Å². The van der Waals surface area contributed by atoms with Gasteiger partial charge < -0.3 is 5.32 Å². The molecule has 0 saturated carbocycles. The van der Waals surface area contributed by atoms with Crippen LogP contribution >= 0.6 is 0 Å². The summed E-state index contributed by atoms with van der Waals surface area (Å²) in [6, 6.07) is 2.99. The molecule has 0 unspecified atom stereocenters. The number of carbonyl (C=O) groups excluding carboxylic acids is 1. The SMILES string of the molecule is CC(C)[C@H](C)NC(=O)CN(C)S(=O)(=O)c1cccnc1. The van der Waals surface area contributed by atoms with E-state index in [2.05, 4.69) is 10.3 Å². The van der Waals surface area contributed by atoms with Crippen molar-refractivity contribution >= 4 is 15.9 Å². The second kappa shape index (κ2) is 6.81. The van der Waals surface area contributed by atoms with Crippen LogP contribution in [-0.4, -0.2) is 43.2 Å². The third-order valence-corrected chi connectivity index (χ3v) is 4.88. The predicted octanol–water partition coefficient (Wildman–Crippen LogP) is 0.863. The Morgan fingerprint density at radius 2 is 2.05 bits per heavy atom. The van der Waals surface area contributed by atoms with Gasteiger partial charge in [-0.15, -0.1) is 0 Å². The fourth-order valence-corrected chi connectivity index (χ4v) is 2.52. The van der Waals surface area contributed by atoms with Gasteiger partial charge in [-0.1, -0.05) is 13.8 Å². The number of likely N-dealkylation sites (N-methyl/N-ethyl adjacent to an activating group) is 1. The molecule has 1 aromatic heterocycles. The molecule has 0 aliphatic heterocycles. The zero-order valence-electron chi connectivity index (χ0n) is 12.2. The van der Waals surface area contributed by atoms with Crippen LogP contribution in [0.15, 0.2) is 29.4 Å². The summed E-state index contributed by atoms with van der Waals surface area (Å²) in [6.07, 6.45) is 2.76. The maximum atomic E-state index is 12.2. The number of hydrogen-bond acceptors (Lipinski definition) is 4. The lowest BCUT2D eigenvalue weighted by molar-refractivity contribution is -0.122. The quantitative estimate of drug-likeness (QED) is 0.845. The van der Waals surface area contributed by atoms with E-state index >= 15 is 0 Å². The lowest BCUT2D eigenvalue weighted by Gasteiger charge is -2.20. The lowest BCUT2D eigenvalue weighted by atomic mass is 10.1. The number of pyridine rings is 1. The Morgan fingerprint density at radius 1 is 1.40 bits per heavy atom. The maximum absolute atomic E-state index is 12.2. The van der Waals surface area contributed by atoms with Gasteiger partial charge >= 0.3 is 0 Å². The smallest absolute Gasteiger partial charge is 0.244 e. The average molecular weight is 299 g/mol. The number of nitrogens with one attached hydrogen (secondary N) is 1. The second-order valence-corrected chi connectivity index (χ2v) is 7.09. The molecule has 0 spiro atoms. The molecule has 0 aromatic carbocycles. The molecule has 0 aliphatic carbocycles. The van der Waals surface area contributed by atoms with Crippen molar-refractivity contribution < 1.29 is 13.2 Å². The van der Waals surface area contributed by atoms with Crippen LogP contribution < -0.4 is 5.32 Å². The van der Waals surface area contributed by atoms with E-state index in [4.69, 9.17) is 0 Å². The largest absolute Gasteiger partial charge is 0.352 e. The van der Waals surface area contributed by atoms with Crippen LogP contribution in [0.3, 0.4) is 0 Å². The first-order valence-electron chi connectivity index (χ1n) is 6.41. The first-order chi connectivity index (χ1) is 9.25.